The quantitative estimate of drug-likeness (QED) is 0.871. The number of aryl methyl sites for hydroxylation is 1. The van der Waals surface area contributed by atoms with Crippen molar-refractivity contribution in [3.05, 3.63) is 11.6 Å². The molecule has 0 bridgehead atoms. The number of nitrogens with zero attached hydrogens (tertiary/aromatic N) is 3. The molecule has 1 aliphatic carbocycles. The van der Waals surface area contributed by atoms with Crippen LogP contribution in [0.5, 0.6) is 0 Å². The second-order valence-electron chi connectivity index (χ2n) is 6.92. The molecule has 1 saturated carbocycles. The van der Waals surface area contributed by atoms with Crippen molar-refractivity contribution >= 4 is 5.91 Å². The van der Waals surface area contributed by atoms with E-state index < -0.39 is 0 Å². The Balaban J connectivity index is 1.62. The Kier molecular flexibility index (Phi) is 4.96. The molecular formula is C16H27N5O2. The van der Waals surface area contributed by atoms with E-state index in [0.717, 1.165) is 18.7 Å². The topological polar surface area (TPSA) is 97.1 Å². The molecule has 1 unspecified atom stereocenters. The summed E-state index contributed by atoms with van der Waals surface area (Å²) >= 11 is 0. The molecule has 0 aromatic carbocycles. The van der Waals surface area contributed by atoms with E-state index in [1.54, 1.807) is 0 Å². The van der Waals surface area contributed by atoms with E-state index in [-0.39, 0.29) is 17.4 Å². The molecule has 1 atom stereocenters. The lowest BCUT2D eigenvalue weighted by Gasteiger charge is -2.39. The molecule has 3 rings (SSSR count). The Morgan fingerprint density at radius 2 is 2.22 bits per heavy atom. The minimum absolute atomic E-state index is 0.00427. The lowest BCUT2D eigenvalue weighted by molar-refractivity contribution is -0.142. The van der Waals surface area contributed by atoms with Gasteiger partial charge in [-0.3, -0.25) is 9.89 Å². The number of carbonyl (C=O) groups excluding carboxylic acids is 1. The van der Waals surface area contributed by atoms with Crippen LogP contribution >= 0.6 is 0 Å². The van der Waals surface area contributed by atoms with Gasteiger partial charge in [0.05, 0.1) is 13.2 Å². The highest BCUT2D eigenvalue weighted by Gasteiger charge is 2.36. The first-order valence-electron chi connectivity index (χ1n) is 8.60. The van der Waals surface area contributed by atoms with Crippen LogP contribution < -0.4 is 5.73 Å². The first kappa shape index (κ1) is 16.4. The maximum absolute atomic E-state index is 12.8. The number of ether oxygens (including phenoxy) is 1. The van der Waals surface area contributed by atoms with Crippen molar-refractivity contribution in [2.75, 3.05) is 26.2 Å². The van der Waals surface area contributed by atoms with E-state index in [4.69, 9.17) is 10.5 Å². The zero-order valence-corrected chi connectivity index (χ0v) is 13.9. The lowest BCUT2D eigenvalue weighted by atomic mass is 9.71. The van der Waals surface area contributed by atoms with E-state index >= 15 is 0 Å². The zero-order chi connectivity index (χ0) is 16.3. The summed E-state index contributed by atoms with van der Waals surface area (Å²) in [6.45, 7) is 4.15. The summed E-state index contributed by atoms with van der Waals surface area (Å²) in [4.78, 5) is 19.0. The van der Waals surface area contributed by atoms with E-state index in [1.165, 1.54) is 19.3 Å². The van der Waals surface area contributed by atoms with Crippen LogP contribution in [0.2, 0.25) is 0 Å². The number of aromatic nitrogens is 3. The van der Waals surface area contributed by atoms with Crippen molar-refractivity contribution in [1.82, 2.24) is 20.1 Å². The predicted molar refractivity (Wildman–Crippen MR) is 85.6 cm³/mol. The maximum atomic E-state index is 12.8. The van der Waals surface area contributed by atoms with Gasteiger partial charge < -0.3 is 15.4 Å². The molecule has 1 saturated heterocycles. The van der Waals surface area contributed by atoms with Gasteiger partial charge in [-0.1, -0.05) is 19.3 Å². The summed E-state index contributed by atoms with van der Waals surface area (Å²) in [6, 6.07) is 0. The van der Waals surface area contributed by atoms with Gasteiger partial charge in [0.2, 0.25) is 5.91 Å². The average molecular weight is 321 g/mol. The third-order valence-electron chi connectivity index (χ3n) is 5.20. The number of rotatable bonds is 4. The Morgan fingerprint density at radius 1 is 1.43 bits per heavy atom. The Morgan fingerprint density at radius 3 is 2.87 bits per heavy atom. The van der Waals surface area contributed by atoms with E-state index in [0.29, 0.717) is 38.5 Å². The summed E-state index contributed by atoms with van der Waals surface area (Å²) in [5.74, 6) is 1.58. The number of amides is 1. The molecule has 1 amide bonds. The number of carbonyl (C=O) groups is 1. The number of nitrogens with one attached hydrogen (secondary N) is 1. The van der Waals surface area contributed by atoms with Crippen molar-refractivity contribution in [1.29, 1.82) is 0 Å². The monoisotopic (exact) mass is 321 g/mol. The molecule has 1 aliphatic heterocycles. The molecule has 3 N–H and O–H groups in total. The third-order valence-corrected chi connectivity index (χ3v) is 5.20. The van der Waals surface area contributed by atoms with Crippen LogP contribution in [0.25, 0.3) is 0 Å². The largest absolute Gasteiger partial charge is 0.366 e. The molecule has 2 aliphatic rings. The smallest absolute Gasteiger partial charge is 0.223 e. The molecule has 2 heterocycles. The summed E-state index contributed by atoms with van der Waals surface area (Å²) in [7, 11) is 0. The second kappa shape index (κ2) is 6.97. The van der Waals surface area contributed by atoms with Gasteiger partial charge >= 0.3 is 0 Å². The number of hydrogen-bond acceptors (Lipinski definition) is 5. The van der Waals surface area contributed by atoms with Crippen LogP contribution in [0.1, 0.15) is 56.3 Å². The Bertz CT molecular complexity index is 538. The first-order valence-corrected chi connectivity index (χ1v) is 8.60. The molecule has 0 radical (unpaired) electrons. The SMILES string of the molecule is Cc1nc(C2CN(C(=O)CC3(CN)CCCCC3)CCO2)n[nH]1. The first-order chi connectivity index (χ1) is 11.1. The highest BCUT2D eigenvalue weighted by molar-refractivity contribution is 5.77. The molecule has 7 heteroatoms. The van der Waals surface area contributed by atoms with Crippen LogP contribution in [0.3, 0.4) is 0 Å². The van der Waals surface area contributed by atoms with Crippen molar-refractivity contribution < 1.29 is 9.53 Å². The fourth-order valence-corrected chi connectivity index (χ4v) is 3.72. The zero-order valence-electron chi connectivity index (χ0n) is 13.9. The van der Waals surface area contributed by atoms with Crippen molar-refractivity contribution in [3.8, 4) is 0 Å². The van der Waals surface area contributed by atoms with Gasteiger partial charge in [0, 0.05) is 13.0 Å². The number of H-pyrrole nitrogens is 1. The number of hydrogen-bond donors (Lipinski definition) is 2. The normalized spacial score (nSPS) is 24.6. The minimum Gasteiger partial charge on any atom is -0.366 e. The molecule has 23 heavy (non-hydrogen) atoms. The van der Waals surface area contributed by atoms with Crippen molar-refractivity contribution in [2.45, 2.75) is 51.6 Å². The Hall–Kier alpha value is -1.47. The fourth-order valence-electron chi connectivity index (χ4n) is 3.72. The van der Waals surface area contributed by atoms with E-state index in [9.17, 15) is 4.79 Å². The molecule has 1 aromatic rings. The van der Waals surface area contributed by atoms with Crippen LogP contribution in [0.15, 0.2) is 0 Å². The van der Waals surface area contributed by atoms with Crippen LogP contribution in [-0.4, -0.2) is 52.2 Å². The molecule has 128 valence electrons. The van der Waals surface area contributed by atoms with Gasteiger partial charge in [0.15, 0.2) is 5.82 Å². The standard InChI is InChI=1S/C16H27N5O2/c1-12-18-15(20-19-12)13-10-21(7-8-23-13)14(22)9-16(11-17)5-3-2-4-6-16/h13H,2-11,17H2,1H3,(H,18,19,20). The summed E-state index contributed by atoms with van der Waals surface area (Å²) in [5.41, 5.74) is 6.02. The van der Waals surface area contributed by atoms with Gasteiger partial charge in [-0.2, -0.15) is 5.10 Å². The van der Waals surface area contributed by atoms with Gasteiger partial charge in [-0.25, -0.2) is 4.98 Å². The molecule has 1 aromatic heterocycles. The predicted octanol–water partition coefficient (Wildman–Crippen LogP) is 1.31. The lowest BCUT2D eigenvalue weighted by Crippen LogP contribution is -2.46. The number of aromatic amines is 1. The third kappa shape index (κ3) is 3.72. The molecule has 7 nitrogen and oxygen atoms in total. The summed E-state index contributed by atoms with van der Waals surface area (Å²) in [5, 5.41) is 6.99. The highest BCUT2D eigenvalue weighted by Crippen LogP contribution is 2.39. The van der Waals surface area contributed by atoms with Gasteiger partial charge in [0.1, 0.15) is 11.9 Å². The number of morpholine rings is 1. The summed E-state index contributed by atoms with van der Waals surface area (Å²) < 4.78 is 5.74. The van der Waals surface area contributed by atoms with Crippen LogP contribution in [0.4, 0.5) is 0 Å². The average Bonchev–Trinajstić information content (AvgIpc) is 3.02. The van der Waals surface area contributed by atoms with E-state index in [2.05, 4.69) is 15.2 Å². The van der Waals surface area contributed by atoms with Gasteiger partial charge in [0.25, 0.3) is 0 Å². The van der Waals surface area contributed by atoms with Crippen LogP contribution in [-0.2, 0) is 9.53 Å². The van der Waals surface area contributed by atoms with Crippen LogP contribution in [0, 0.1) is 12.3 Å². The Labute approximate surface area is 137 Å². The minimum atomic E-state index is -0.238. The van der Waals surface area contributed by atoms with Crippen molar-refractivity contribution in [2.24, 2.45) is 11.1 Å². The second-order valence-corrected chi connectivity index (χ2v) is 6.92. The molecular weight excluding hydrogens is 294 g/mol. The van der Waals surface area contributed by atoms with Gasteiger partial charge in [-0.15, -0.1) is 0 Å². The van der Waals surface area contributed by atoms with Crippen molar-refractivity contribution in [3.63, 3.8) is 0 Å². The fraction of sp³-hybridized carbons (Fsp3) is 0.812. The van der Waals surface area contributed by atoms with Gasteiger partial charge in [-0.05, 0) is 31.7 Å². The maximum Gasteiger partial charge on any atom is 0.223 e. The molecule has 2 fully saturated rings. The molecule has 0 spiro atoms. The summed E-state index contributed by atoms with van der Waals surface area (Å²) in [6.07, 6.45) is 6.10. The number of nitrogens with two attached hydrogens (primary N) is 1. The highest BCUT2D eigenvalue weighted by atomic mass is 16.5. The van der Waals surface area contributed by atoms with E-state index in [1.807, 2.05) is 11.8 Å².